The first-order valence-corrected chi connectivity index (χ1v) is 10.6. The van der Waals surface area contributed by atoms with Gasteiger partial charge in [0.15, 0.2) is 0 Å². The molecule has 0 spiro atoms. The first-order chi connectivity index (χ1) is 12.6. The maximum atomic E-state index is 12.8. The molecule has 3 rings (SSSR count). The van der Waals surface area contributed by atoms with Gasteiger partial charge in [0.05, 0.1) is 5.57 Å². The van der Waals surface area contributed by atoms with E-state index < -0.39 is 11.8 Å². The van der Waals surface area contributed by atoms with Gasteiger partial charge in [-0.2, -0.15) is 5.26 Å². The van der Waals surface area contributed by atoms with Crippen LogP contribution >= 0.6 is 11.8 Å². The molecule has 2 heterocycles. The van der Waals surface area contributed by atoms with Crippen molar-refractivity contribution in [1.82, 2.24) is 9.80 Å². The molecule has 26 heavy (non-hydrogen) atoms. The fraction of sp³-hybridized carbons (Fsp3) is 0.684. The van der Waals surface area contributed by atoms with Gasteiger partial charge in [0.25, 0.3) is 5.91 Å². The normalized spacial score (nSPS) is 25.5. The van der Waals surface area contributed by atoms with Gasteiger partial charge in [-0.05, 0) is 31.1 Å². The monoisotopic (exact) mass is 374 g/mol. The summed E-state index contributed by atoms with van der Waals surface area (Å²) in [6, 6.07) is 2.04. The molecule has 3 aliphatic rings. The molecule has 140 valence electrons. The Hall–Kier alpha value is -1.65. The van der Waals surface area contributed by atoms with Crippen molar-refractivity contribution in [2.24, 2.45) is 16.8 Å². The summed E-state index contributed by atoms with van der Waals surface area (Å²) in [5.74, 6) is -0.816. The van der Waals surface area contributed by atoms with Gasteiger partial charge >= 0.3 is 0 Å². The van der Waals surface area contributed by atoms with Gasteiger partial charge in [-0.1, -0.05) is 19.3 Å². The largest absolute Gasteiger partial charge is 0.339 e. The van der Waals surface area contributed by atoms with E-state index in [1.165, 1.54) is 49.9 Å². The number of dihydropyridines is 1. The van der Waals surface area contributed by atoms with Crippen molar-refractivity contribution >= 4 is 28.6 Å². The molecule has 0 N–H and O–H groups in total. The molecule has 7 heteroatoms. The third kappa shape index (κ3) is 4.36. The Bertz CT molecular complexity index is 653. The van der Waals surface area contributed by atoms with E-state index in [4.69, 9.17) is 0 Å². The Kier molecular flexibility index (Phi) is 6.49. The summed E-state index contributed by atoms with van der Waals surface area (Å²) >= 11 is 1.26. The van der Waals surface area contributed by atoms with E-state index in [9.17, 15) is 14.9 Å². The molecule has 2 fully saturated rings. The van der Waals surface area contributed by atoms with Gasteiger partial charge in [-0.3, -0.25) is 14.5 Å². The van der Waals surface area contributed by atoms with Crippen LogP contribution in [0.15, 0.2) is 16.6 Å². The molecule has 1 unspecified atom stereocenters. The van der Waals surface area contributed by atoms with Crippen LogP contribution in [0.1, 0.15) is 32.1 Å². The minimum absolute atomic E-state index is 0.219. The molecular formula is C19H26N4O2S. The fourth-order valence-electron chi connectivity index (χ4n) is 4.04. The van der Waals surface area contributed by atoms with E-state index >= 15 is 0 Å². The number of nitriles is 1. The first kappa shape index (κ1) is 19.1. The maximum Gasteiger partial charge on any atom is 0.263 e. The van der Waals surface area contributed by atoms with Gasteiger partial charge in [-0.15, -0.1) is 11.8 Å². The van der Waals surface area contributed by atoms with Crippen molar-refractivity contribution in [3.8, 4) is 6.07 Å². The topological polar surface area (TPSA) is 76.8 Å². The Morgan fingerprint density at radius 2 is 1.96 bits per heavy atom. The second kappa shape index (κ2) is 8.83. The van der Waals surface area contributed by atoms with Crippen LogP contribution in [0.4, 0.5) is 0 Å². The lowest BCUT2D eigenvalue weighted by molar-refractivity contribution is -0.140. The van der Waals surface area contributed by atoms with Crippen LogP contribution in [0.2, 0.25) is 0 Å². The molecule has 2 aliphatic heterocycles. The Labute approximate surface area is 159 Å². The van der Waals surface area contributed by atoms with Gasteiger partial charge < -0.3 is 4.90 Å². The van der Waals surface area contributed by atoms with Crippen LogP contribution in [0, 0.1) is 23.2 Å². The summed E-state index contributed by atoms with van der Waals surface area (Å²) in [5.41, 5.74) is 0.325. The minimum Gasteiger partial charge on any atom is -0.339 e. The van der Waals surface area contributed by atoms with Crippen LogP contribution in [-0.4, -0.2) is 65.6 Å². The Morgan fingerprint density at radius 1 is 1.27 bits per heavy atom. The number of carbonyl (C=O) groups excluding carboxylic acids is 2. The predicted octanol–water partition coefficient (Wildman–Crippen LogP) is 2.08. The number of amides is 2. The van der Waals surface area contributed by atoms with Gasteiger partial charge in [0.1, 0.15) is 17.0 Å². The molecule has 1 atom stereocenters. The van der Waals surface area contributed by atoms with E-state index in [0.717, 1.165) is 25.6 Å². The van der Waals surface area contributed by atoms with Crippen LogP contribution in [0.3, 0.4) is 0 Å². The standard InChI is InChI=1S/C19H26N4O2S/c1-26-18-15(12-20)11-16(17(24)21-18)19(25)23-9-7-22(8-10-23)13-14-5-3-2-4-6-14/h11,14,16H,2-10,13H2,1H3. The lowest BCUT2D eigenvalue weighted by Crippen LogP contribution is -2.52. The number of hydrogen-bond donors (Lipinski definition) is 0. The molecule has 1 aliphatic carbocycles. The molecule has 6 nitrogen and oxygen atoms in total. The number of carbonyl (C=O) groups is 2. The SMILES string of the molecule is CSC1=NC(=O)C(C(=O)N2CCN(CC3CCCCC3)CC2)C=C1C#N. The molecule has 0 aromatic rings. The highest BCUT2D eigenvalue weighted by Crippen LogP contribution is 2.25. The lowest BCUT2D eigenvalue weighted by atomic mass is 9.89. The van der Waals surface area contributed by atoms with Crippen molar-refractivity contribution in [3.05, 3.63) is 11.6 Å². The third-order valence-electron chi connectivity index (χ3n) is 5.55. The Morgan fingerprint density at radius 3 is 2.58 bits per heavy atom. The second-order valence-electron chi connectivity index (χ2n) is 7.26. The van der Waals surface area contributed by atoms with Gasteiger partial charge in [-0.25, -0.2) is 4.99 Å². The molecule has 1 saturated carbocycles. The summed E-state index contributed by atoms with van der Waals surface area (Å²) in [6.45, 7) is 4.13. The molecule has 0 bridgehead atoms. The third-order valence-corrected chi connectivity index (χ3v) is 6.24. The zero-order valence-corrected chi connectivity index (χ0v) is 16.1. The van der Waals surface area contributed by atoms with Crippen molar-refractivity contribution < 1.29 is 9.59 Å². The first-order valence-electron chi connectivity index (χ1n) is 9.42. The summed E-state index contributed by atoms with van der Waals surface area (Å²) in [5, 5.41) is 9.63. The van der Waals surface area contributed by atoms with Crippen molar-refractivity contribution in [2.75, 3.05) is 39.0 Å². The highest BCUT2D eigenvalue weighted by Gasteiger charge is 2.34. The summed E-state index contributed by atoms with van der Waals surface area (Å²) in [7, 11) is 0. The zero-order valence-electron chi connectivity index (χ0n) is 15.3. The number of aliphatic imine (C=N–C) groups is 1. The molecule has 1 saturated heterocycles. The molecule has 2 amide bonds. The van der Waals surface area contributed by atoms with Crippen LogP contribution in [0.25, 0.3) is 0 Å². The van der Waals surface area contributed by atoms with E-state index in [-0.39, 0.29) is 5.91 Å². The predicted molar refractivity (Wildman–Crippen MR) is 103 cm³/mol. The van der Waals surface area contributed by atoms with Gasteiger partial charge in [0, 0.05) is 32.7 Å². The molecular weight excluding hydrogens is 348 g/mol. The average Bonchev–Trinajstić information content (AvgIpc) is 2.68. The maximum absolute atomic E-state index is 12.8. The summed E-state index contributed by atoms with van der Waals surface area (Å²) in [4.78, 5) is 33.1. The quantitative estimate of drug-likeness (QED) is 0.707. The average molecular weight is 375 g/mol. The number of piperazine rings is 1. The summed E-state index contributed by atoms with van der Waals surface area (Å²) in [6.07, 6.45) is 9.97. The zero-order chi connectivity index (χ0) is 18.5. The number of thioether (sulfide) groups is 1. The van der Waals surface area contributed by atoms with E-state index in [1.807, 2.05) is 6.07 Å². The van der Waals surface area contributed by atoms with Gasteiger partial charge in [0.2, 0.25) is 5.91 Å². The minimum atomic E-state index is -0.939. The highest BCUT2D eigenvalue weighted by molar-refractivity contribution is 8.13. The lowest BCUT2D eigenvalue weighted by Gasteiger charge is -2.38. The van der Waals surface area contributed by atoms with E-state index in [2.05, 4.69) is 9.89 Å². The van der Waals surface area contributed by atoms with Crippen molar-refractivity contribution in [1.29, 1.82) is 5.26 Å². The molecule has 0 aromatic carbocycles. The Balaban J connectivity index is 1.55. The molecule has 0 aromatic heterocycles. The highest BCUT2D eigenvalue weighted by atomic mass is 32.2. The molecule has 0 radical (unpaired) electrons. The van der Waals surface area contributed by atoms with Crippen molar-refractivity contribution in [3.63, 3.8) is 0 Å². The fourth-order valence-corrected chi connectivity index (χ4v) is 4.55. The van der Waals surface area contributed by atoms with Crippen LogP contribution < -0.4 is 0 Å². The number of hydrogen-bond acceptors (Lipinski definition) is 5. The van der Waals surface area contributed by atoms with Crippen LogP contribution in [0.5, 0.6) is 0 Å². The van der Waals surface area contributed by atoms with Crippen LogP contribution in [-0.2, 0) is 9.59 Å². The second-order valence-corrected chi connectivity index (χ2v) is 8.05. The van der Waals surface area contributed by atoms with Crippen molar-refractivity contribution in [2.45, 2.75) is 32.1 Å². The summed E-state index contributed by atoms with van der Waals surface area (Å²) < 4.78 is 0. The smallest absolute Gasteiger partial charge is 0.263 e. The number of nitrogens with zero attached hydrogens (tertiary/aromatic N) is 4. The van der Waals surface area contributed by atoms with E-state index in [0.29, 0.717) is 23.7 Å². The van der Waals surface area contributed by atoms with E-state index in [1.54, 1.807) is 11.2 Å². The number of rotatable bonds is 3.